The van der Waals surface area contributed by atoms with Gasteiger partial charge in [-0.2, -0.15) is 0 Å². The molecule has 8 nitrogen and oxygen atoms in total. The minimum absolute atomic E-state index is 0.133. The van der Waals surface area contributed by atoms with Gasteiger partial charge in [0.2, 0.25) is 5.60 Å². The highest BCUT2D eigenvalue weighted by Gasteiger charge is 2.47. The standard InChI is InChI=1S/C20H34O8/c1-4-6-8-9-10-11-13-27-18(23)15-20(19(24)25,28-16(3)21)14-17(22)26-12-7-5-2/h4-15H2,1-3H3,(H,24,25). The van der Waals surface area contributed by atoms with E-state index < -0.39 is 42.3 Å². The van der Waals surface area contributed by atoms with Crippen molar-refractivity contribution in [2.75, 3.05) is 13.2 Å². The second-order valence-electron chi connectivity index (χ2n) is 6.81. The molecule has 0 aliphatic heterocycles. The highest BCUT2D eigenvalue weighted by Crippen LogP contribution is 2.24. The van der Waals surface area contributed by atoms with Gasteiger partial charge in [0.1, 0.15) is 0 Å². The molecule has 8 heteroatoms. The summed E-state index contributed by atoms with van der Waals surface area (Å²) in [5.74, 6) is -4.18. The summed E-state index contributed by atoms with van der Waals surface area (Å²) in [6.07, 6.45) is 5.97. The van der Waals surface area contributed by atoms with Crippen LogP contribution >= 0.6 is 0 Å². The molecule has 28 heavy (non-hydrogen) atoms. The van der Waals surface area contributed by atoms with E-state index in [-0.39, 0.29) is 13.2 Å². The maximum atomic E-state index is 12.1. The van der Waals surface area contributed by atoms with Crippen LogP contribution in [0.5, 0.6) is 0 Å². The van der Waals surface area contributed by atoms with Gasteiger partial charge in [-0.15, -0.1) is 0 Å². The second-order valence-corrected chi connectivity index (χ2v) is 6.81. The predicted molar refractivity (Wildman–Crippen MR) is 102 cm³/mol. The first-order valence-electron chi connectivity index (χ1n) is 10.0. The molecule has 0 fully saturated rings. The molecule has 162 valence electrons. The first-order valence-corrected chi connectivity index (χ1v) is 10.0. The van der Waals surface area contributed by atoms with Gasteiger partial charge in [0.05, 0.1) is 26.1 Å². The largest absolute Gasteiger partial charge is 0.478 e. The lowest BCUT2D eigenvalue weighted by Crippen LogP contribution is -2.47. The molecule has 0 bridgehead atoms. The lowest BCUT2D eigenvalue weighted by molar-refractivity contribution is -0.186. The summed E-state index contributed by atoms with van der Waals surface area (Å²) in [6, 6.07) is 0. The average Bonchev–Trinajstić information content (AvgIpc) is 2.60. The number of rotatable bonds is 16. The Morgan fingerprint density at radius 1 is 0.750 bits per heavy atom. The minimum Gasteiger partial charge on any atom is -0.478 e. The van der Waals surface area contributed by atoms with Crippen molar-refractivity contribution in [3.8, 4) is 0 Å². The Morgan fingerprint density at radius 2 is 1.21 bits per heavy atom. The Kier molecular flexibility index (Phi) is 13.8. The minimum atomic E-state index is -2.33. The van der Waals surface area contributed by atoms with Crippen molar-refractivity contribution in [3.63, 3.8) is 0 Å². The van der Waals surface area contributed by atoms with Crippen LogP contribution in [-0.2, 0) is 33.4 Å². The zero-order valence-electron chi connectivity index (χ0n) is 17.3. The van der Waals surface area contributed by atoms with Gasteiger partial charge in [0.25, 0.3) is 0 Å². The van der Waals surface area contributed by atoms with E-state index in [1.54, 1.807) is 0 Å². The molecular formula is C20H34O8. The lowest BCUT2D eigenvalue weighted by atomic mass is 9.95. The third kappa shape index (κ3) is 11.6. The van der Waals surface area contributed by atoms with Gasteiger partial charge >= 0.3 is 23.9 Å². The van der Waals surface area contributed by atoms with Crippen LogP contribution in [0.4, 0.5) is 0 Å². The summed E-state index contributed by atoms with van der Waals surface area (Å²) in [4.78, 5) is 47.2. The van der Waals surface area contributed by atoms with Crippen LogP contribution in [0.25, 0.3) is 0 Å². The van der Waals surface area contributed by atoms with Crippen molar-refractivity contribution in [2.24, 2.45) is 0 Å². The maximum absolute atomic E-state index is 12.1. The van der Waals surface area contributed by atoms with E-state index in [0.717, 1.165) is 45.4 Å². The Bertz CT molecular complexity index is 502. The molecule has 1 atom stereocenters. The summed E-state index contributed by atoms with van der Waals surface area (Å²) in [5, 5.41) is 9.54. The molecule has 0 radical (unpaired) electrons. The van der Waals surface area contributed by atoms with Gasteiger partial charge in [0, 0.05) is 6.92 Å². The van der Waals surface area contributed by atoms with Crippen molar-refractivity contribution in [1.82, 2.24) is 0 Å². The smallest absolute Gasteiger partial charge is 0.349 e. The van der Waals surface area contributed by atoms with Crippen molar-refractivity contribution >= 4 is 23.9 Å². The third-order valence-electron chi connectivity index (χ3n) is 4.11. The molecule has 0 spiro atoms. The Labute approximate surface area is 166 Å². The first kappa shape index (κ1) is 25.9. The number of carbonyl (C=O) groups is 4. The fourth-order valence-corrected chi connectivity index (χ4v) is 2.57. The number of carboxylic acids is 1. The average molecular weight is 402 g/mol. The topological polar surface area (TPSA) is 116 Å². The molecule has 0 aromatic rings. The monoisotopic (exact) mass is 402 g/mol. The van der Waals surface area contributed by atoms with Crippen LogP contribution < -0.4 is 0 Å². The van der Waals surface area contributed by atoms with E-state index in [9.17, 15) is 24.3 Å². The number of carbonyl (C=O) groups excluding carboxylic acids is 3. The number of hydrogen-bond donors (Lipinski definition) is 1. The SMILES string of the molecule is CCCCCCCCOC(=O)CC(CC(=O)OCCCC)(OC(C)=O)C(=O)O. The fraction of sp³-hybridized carbons (Fsp3) is 0.800. The van der Waals surface area contributed by atoms with Crippen LogP contribution in [0, 0.1) is 0 Å². The summed E-state index contributed by atoms with van der Waals surface area (Å²) in [5.41, 5.74) is -2.33. The number of aliphatic carboxylic acids is 1. The van der Waals surface area contributed by atoms with Crippen molar-refractivity contribution in [3.05, 3.63) is 0 Å². The van der Waals surface area contributed by atoms with E-state index >= 15 is 0 Å². The van der Waals surface area contributed by atoms with Crippen molar-refractivity contribution < 1.29 is 38.5 Å². The van der Waals surface area contributed by atoms with E-state index in [1.807, 2.05) is 6.92 Å². The summed E-state index contributed by atoms with van der Waals surface area (Å²) in [6.45, 7) is 5.34. The molecule has 0 aromatic heterocycles. The Hall–Kier alpha value is -2.12. The zero-order chi connectivity index (χ0) is 21.4. The number of hydrogen-bond acceptors (Lipinski definition) is 7. The molecule has 0 aromatic carbocycles. The number of unbranched alkanes of at least 4 members (excludes halogenated alkanes) is 6. The van der Waals surface area contributed by atoms with Gasteiger partial charge in [0.15, 0.2) is 0 Å². The molecule has 0 heterocycles. The van der Waals surface area contributed by atoms with Crippen LogP contribution in [0.15, 0.2) is 0 Å². The third-order valence-corrected chi connectivity index (χ3v) is 4.11. The highest BCUT2D eigenvalue weighted by molar-refractivity contribution is 5.91. The number of esters is 3. The maximum Gasteiger partial charge on any atom is 0.349 e. The molecule has 0 aliphatic carbocycles. The Balaban J connectivity index is 4.73. The molecule has 0 saturated heterocycles. The van der Waals surface area contributed by atoms with Crippen LogP contribution in [-0.4, -0.2) is 47.8 Å². The van der Waals surface area contributed by atoms with Crippen molar-refractivity contribution in [1.29, 1.82) is 0 Å². The van der Waals surface area contributed by atoms with Crippen LogP contribution in [0.2, 0.25) is 0 Å². The molecule has 0 saturated carbocycles. The first-order chi connectivity index (χ1) is 13.3. The fourth-order valence-electron chi connectivity index (χ4n) is 2.57. The predicted octanol–water partition coefficient (Wildman–Crippen LogP) is 3.40. The van der Waals surface area contributed by atoms with Gasteiger partial charge in [-0.05, 0) is 12.8 Å². The van der Waals surface area contributed by atoms with Crippen LogP contribution in [0.1, 0.15) is 85.0 Å². The second kappa shape index (κ2) is 14.9. The van der Waals surface area contributed by atoms with Crippen molar-refractivity contribution in [2.45, 2.75) is 90.6 Å². The van der Waals surface area contributed by atoms with E-state index in [0.29, 0.717) is 12.8 Å². The number of carboxylic acid groups (broad SMARTS) is 1. The molecular weight excluding hydrogens is 368 g/mol. The quantitative estimate of drug-likeness (QED) is 0.237. The zero-order valence-corrected chi connectivity index (χ0v) is 17.3. The summed E-state index contributed by atoms with van der Waals surface area (Å²) in [7, 11) is 0. The molecule has 0 aliphatic rings. The van der Waals surface area contributed by atoms with Gasteiger partial charge < -0.3 is 19.3 Å². The van der Waals surface area contributed by atoms with E-state index in [4.69, 9.17) is 14.2 Å². The lowest BCUT2D eigenvalue weighted by Gasteiger charge is -2.27. The molecule has 1 N–H and O–H groups in total. The van der Waals surface area contributed by atoms with Gasteiger partial charge in [-0.1, -0.05) is 52.4 Å². The van der Waals surface area contributed by atoms with E-state index in [2.05, 4.69) is 6.92 Å². The Morgan fingerprint density at radius 3 is 1.68 bits per heavy atom. The van der Waals surface area contributed by atoms with E-state index in [1.165, 1.54) is 0 Å². The molecule has 0 amide bonds. The normalized spacial score (nSPS) is 12.7. The van der Waals surface area contributed by atoms with Gasteiger partial charge in [-0.3, -0.25) is 14.4 Å². The van der Waals surface area contributed by atoms with Gasteiger partial charge in [-0.25, -0.2) is 4.79 Å². The molecule has 1 unspecified atom stereocenters. The number of ether oxygens (including phenoxy) is 3. The molecule has 0 rings (SSSR count). The summed E-state index contributed by atoms with van der Waals surface area (Å²) >= 11 is 0. The summed E-state index contributed by atoms with van der Waals surface area (Å²) < 4.78 is 14.9. The highest BCUT2D eigenvalue weighted by atomic mass is 16.6. The van der Waals surface area contributed by atoms with Crippen LogP contribution in [0.3, 0.4) is 0 Å².